The number of rotatable bonds is 4. The van der Waals surface area contributed by atoms with E-state index in [0.717, 1.165) is 19.6 Å². The molecule has 21 heavy (non-hydrogen) atoms. The molecule has 3 rings (SSSR count). The Morgan fingerprint density at radius 3 is 3.05 bits per heavy atom. The van der Waals surface area contributed by atoms with Crippen LogP contribution in [0.4, 0.5) is 5.13 Å². The van der Waals surface area contributed by atoms with Crippen molar-refractivity contribution in [3.63, 3.8) is 0 Å². The van der Waals surface area contributed by atoms with Crippen LogP contribution in [0.5, 0.6) is 0 Å². The van der Waals surface area contributed by atoms with Gasteiger partial charge in [-0.25, -0.2) is 4.98 Å². The minimum Gasteiger partial charge on any atom is -0.363 e. The highest BCUT2D eigenvalue weighted by Gasteiger charge is 2.07. The lowest BCUT2D eigenvalue weighted by Gasteiger charge is -2.03. The standard InChI is InChI=1S/C12H10BrN5OS2/c1-14-11-16-17-12(21-11)20-6-8-4-10(19)18-5-7(13)2-3-9(18)15-8/h2-5H,6H2,1H3,(H,14,16). The molecule has 0 saturated heterocycles. The van der Waals surface area contributed by atoms with E-state index in [1.807, 2.05) is 12.1 Å². The summed E-state index contributed by atoms with van der Waals surface area (Å²) < 4.78 is 3.20. The summed E-state index contributed by atoms with van der Waals surface area (Å²) in [6, 6.07) is 5.22. The number of anilines is 1. The largest absolute Gasteiger partial charge is 0.363 e. The van der Waals surface area contributed by atoms with Gasteiger partial charge >= 0.3 is 0 Å². The van der Waals surface area contributed by atoms with E-state index in [4.69, 9.17) is 0 Å². The molecule has 0 spiro atoms. The van der Waals surface area contributed by atoms with Crippen LogP contribution in [0.2, 0.25) is 0 Å². The highest BCUT2D eigenvalue weighted by atomic mass is 79.9. The Hall–Kier alpha value is -1.45. The second-order valence-electron chi connectivity index (χ2n) is 4.07. The Balaban J connectivity index is 1.84. The third-order valence-electron chi connectivity index (χ3n) is 2.64. The first-order valence-corrected chi connectivity index (χ1v) is 8.57. The highest BCUT2D eigenvalue weighted by molar-refractivity contribution is 9.10. The molecule has 0 aliphatic heterocycles. The van der Waals surface area contributed by atoms with Gasteiger partial charge in [0.25, 0.3) is 5.56 Å². The summed E-state index contributed by atoms with van der Waals surface area (Å²) in [5.74, 6) is 0.583. The van der Waals surface area contributed by atoms with Crippen LogP contribution in [0.1, 0.15) is 5.69 Å². The van der Waals surface area contributed by atoms with E-state index in [2.05, 4.69) is 36.4 Å². The third-order valence-corrected chi connectivity index (χ3v) is 5.22. The van der Waals surface area contributed by atoms with Crippen molar-refractivity contribution in [3.05, 3.63) is 44.9 Å². The van der Waals surface area contributed by atoms with Crippen LogP contribution < -0.4 is 10.9 Å². The summed E-state index contributed by atoms with van der Waals surface area (Å²) in [6.07, 6.45) is 1.71. The Kier molecular flexibility index (Phi) is 4.22. The van der Waals surface area contributed by atoms with Crippen molar-refractivity contribution in [2.45, 2.75) is 10.1 Å². The van der Waals surface area contributed by atoms with Crippen molar-refractivity contribution < 1.29 is 0 Å². The summed E-state index contributed by atoms with van der Waals surface area (Å²) in [7, 11) is 1.80. The van der Waals surface area contributed by atoms with E-state index in [-0.39, 0.29) is 5.56 Å². The number of hydrogen-bond donors (Lipinski definition) is 1. The van der Waals surface area contributed by atoms with Gasteiger partial charge in [-0.3, -0.25) is 9.20 Å². The second-order valence-corrected chi connectivity index (χ2v) is 7.19. The fraction of sp³-hybridized carbons (Fsp3) is 0.167. The predicted molar refractivity (Wildman–Crippen MR) is 88.2 cm³/mol. The maximum Gasteiger partial charge on any atom is 0.258 e. The first-order chi connectivity index (χ1) is 10.2. The SMILES string of the molecule is CNc1nnc(SCc2cc(=O)n3cc(Br)ccc3n2)s1. The lowest BCUT2D eigenvalue weighted by Crippen LogP contribution is -2.15. The number of fused-ring (bicyclic) bond motifs is 1. The van der Waals surface area contributed by atoms with E-state index in [9.17, 15) is 4.79 Å². The maximum absolute atomic E-state index is 12.1. The molecule has 108 valence electrons. The minimum atomic E-state index is -0.0925. The Bertz CT molecular complexity index is 847. The Morgan fingerprint density at radius 2 is 2.29 bits per heavy atom. The average molecular weight is 384 g/mol. The number of thioether (sulfide) groups is 1. The molecule has 3 heterocycles. The lowest BCUT2D eigenvalue weighted by atomic mass is 10.4. The Morgan fingerprint density at radius 1 is 1.43 bits per heavy atom. The molecule has 0 bridgehead atoms. The quantitative estimate of drug-likeness (QED) is 0.698. The molecule has 0 unspecified atom stereocenters. The van der Waals surface area contributed by atoms with E-state index in [1.54, 1.807) is 19.3 Å². The number of nitrogens with zero attached hydrogens (tertiary/aromatic N) is 4. The first-order valence-electron chi connectivity index (χ1n) is 5.97. The summed E-state index contributed by atoms with van der Waals surface area (Å²) in [6.45, 7) is 0. The zero-order valence-electron chi connectivity index (χ0n) is 10.9. The number of halogens is 1. The van der Waals surface area contributed by atoms with Crippen molar-refractivity contribution in [2.75, 3.05) is 12.4 Å². The molecule has 0 radical (unpaired) electrons. The third kappa shape index (κ3) is 3.25. The summed E-state index contributed by atoms with van der Waals surface area (Å²) in [4.78, 5) is 16.6. The van der Waals surface area contributed by atoms with Gasteiger partial charge in [-0.05, 0) is 28.1 Å². The van der Waals surface area contributed by atoms with Crippen LogP contribution in [0, 0.1) is 0 Å². The van der Waals surface area contributed by atoms with Gasteiger partial charge in [-0.15, -0.1) is 10.2 Å². The van der Waals surface area contributed by atoms with Crippen LogP contribution in [-0.4, -0.2) is 26.6 Å². The number of nitrogens with one attached hydrogen (secondary N) is 1. The Labute approximate surface area is 136 Å². The van der Waals surface area contributed by atoms with Crippen molar-refractivity contribution in [1.29, 1.82) is 0 Å². The summed E-state index contributed by atoms with van der Waals surface area (Å²) in [5, 5.41) is 11.7. The number of hydrogen-bond acceptors (Lipinski definition) is 7. The monoisotopic (exact) mass is 383 g/mol. The molecular weight excluding hydrogens is 374 g/mol. The van der Waals surface area contributed by atoms with Crippen LogP contribution in [-0.2, 0) is 5.75 Å². The maximum atomic E-state index is 12.1. The summed E-state index contributed by atoms with van der Waals surface area (Å²) >= 11 is 6.33. The molecule has 0 fully saturated rings. The normalized spacial score (nSPS) is 11.0. The molecule has 0 atom stereocenters. The summed E-state index contributed by atoms with van der Waals surface area (Å²) in [5.41, 5.74) is 1.27. The molecule has 6 nitrogen and oxygen atoms in total. The van der Waals surface area contributed by atoms with E-state index < -0.39 is 0 Å². The molecule has 3 aromatic heterocycles. The van der Waals surface area contributed by atoms with Gasteiger partial charge in [0.15, 0.2) is 4.34 Å². The van der Waals surface area contributed by atoms with Gasteiger partial charge in [-0.1, -0.05) is 23.1 Å². The topological polar surface area (TPSA) is 72.2 Å². The zero-order valence-corrected chi connectivity index (χ0v) is 14.1. The molecule has 0 aliphatic rings. The van der Waals surface area contributed by atoms with Gasteiger partial charge < -0.3 is 5.32 Å². The van der Waals surface area contributed by atoms with E-state index >= 15 is 0 Å². The molecule has 0 saturated carbocycles. The lowest BCUT2D eigenvalue weighted by molar-refractivity contribution is 0.997. The van der Waals surface area contributed by atoms with Gasteiger partial charge in [0.2, 0.25) is 5.13 Å². The molecule has 1 N–H and O–H groups in total. The zero-order chi connectivity index (χ0) is 14.8. The van der Waals surface area contributed by atoms with Crippen molar-refractivity contribution in [1.82, 2.24) is 19.6 Å². The first kappa shape index (κ1) is 14.5. The van der Waals surface area contributed by atoms with Gasteiger partial charge in [0, 0.05) is 29.5 Å². The van der Waals surface area contributed by atoms with Crippen molar-refractivity contribution in [3.8, 4) is 0 Å². The predicted octanol–water partition coefficient (Wildman–Crippen LogP) is 2.64. The fourth-order valence-corrected chi connectivity index (χ4v) is 3.64. The second kappa shape index (κ2) is 6.12. The van der Waals surface area contributed by atoms with Gasteiger partial charge in [0.05, 0.1) is 5.69 Å². The van der Waals surface area contributed by atoms with Gasteiger partial charge in [0.1, 0.15) is 5.65 Å². The van der Waals surface area contributed by atoms with Crippen LogP contribution >= 0.6 is 39.0 Å². The van der Waals surface area contributed by atoms with Crippen LogP contribution in [0.25, 0.3) is 5.65 Å². The molecule has 0 amide bonds. The van der Waals surface area contributed by atoms with Crippen LogP contribution in [0.3, 0.4) is 0 Å². The van der Waals surface area contributed by atoms with Gasteiger partial charge in [-0.2, -0.15) is 0 Å². The molecule has 0 aliphatic carbocycles. The average Bonchev–Trinajstić information content (AvgIpc) is 2.94. The highest BCUT2D eigenvalue weighted by Crippen LogP contribution is 2.27. The van der Waals surface area contributed by atoms with E-state index in [0.29, 0.717) is 11.4 Å². The van der Waals surface area contributed by atoms with Crippen molar-refractivity contribution >= 4 is 49.8 Å². The molecule has 0 aromatic carbocycles. The molecule has 9 heteroatoms. The minimum absolute atomic E-state index is 0.0925. The molecular formula is C12H10BrN5OS2. The molecule has 3 aromatic rings. The fourth-order valence-electron chi connectivity index (χ4n) is 1.70. The number of pyridine rings is 1. The van der Waals surface area contributed by atoms with E-state index in [1.165, 1.54) is 27.5 Å². The number of aromatic nitrogens is 4. The smallest absolute Gasteiger partial charge is 0.258 e. The van der Waals surface area contributed by atoms with Crippen molar-refractivity contribution in [2.24, 2.45) is 0 Å². The van der Waals surface area contributed by atoms with Crippen LogP contribution in [0.15, 0.2) is 38.0 Å².